The Morgan fingerprint density at radius 2 is 2.07 bits per heavy atom. The summed E-state index contributed by atoms with van der Waals surface area (Å²) in [6, 6.07) is 3.47. The standard InChI is InChI=1S/C10H13Cl2NOS/c1-14-10-6-7(11)9(5-8(10)12)13-3-2-4-15/h5-6,13,15H,2-4H2,1H3. The molecule has 0 amide bonds. The third-order valence-corrected chi connectivity index (χ3v) is 2.82. The van der Waals surface area contributed by atoms with Crippen LogP contribution in [0, 0.1) is 0 Å². The lowest BCUT2D eigenvalue weighted by molar-refractivity contribution is 0.415. The number of benzene rings is 1. The quantitative estimate of drug-likeness (QED) is 0.626. The van der Waals surface area contributed by atoms with Gasteiger partial charge in [-0.1, -0.05) is 23.2 Å². The van der Waals surface area contributed by atoms with Crippen molar-refractivity contribution < 1.29 is 4.74 Å². The van der Waals surface area contributed by atoms with Crippen LogP contribution in [0.4, 0.5) is 5.69 Å². The summed E-state index contributed by atoms with van der Waals surface area (Å²) in [5.41, 5.74) is 0.823. The number of rotatable bonds is 5. The van der Waals surface area contributed by atoms with Crippen molar-refractivity contribution in [1.82, 2.24) is 0 Å². The Bertz CT molecular complexity index is 333. The molecule has 0 saturated heterocycles. The molecule has 0 atom stereocenters. The van der Waals surface area contributed by atoms with E-state index in [4.69, 9.17) is 27.9 Å². The van der Waals surface area contributed by atoms with E-state index in [9.17, 15) is 0 Å². The molecule has 0 aliphatic rings. The van der Waals surface area contributed by atoms with Crippen molar-refractivity contribution in [3.05, 3.63) is 22.2 Å². The third kappa shape index (κ3) is 3.67. The summed E-state index contributed by atoms with van der Waals surface area (Å²) in [6.45, 7) is 0.825. The number of ether oxygens (including phenoxy) is 1. The van der Waals surface area contributed by atoms with E-state index in [1.807, 2.05) is 0 Å². The first-order chi connectivity index (χ1) is 7.19. The van der Waals surface area contributed by atoms with Gasteiger partial charge in [-0.25, -0.2) is 0 Å². The van der Waals surface area contributed by atoms with E-state index in [2.05, 4.69) is 17.9 Å². The lowest BCUT2D eigenvalue weighted by Gasteiger charge is -2.10. The Kier molecular flexibility index (Phi) is 5.43. The Labute approximate surface area is 105 Å². The van der Waals surface area contributed by atoms with Gasteiger partial charge in [0.2, 0.25) is 0 Å². The average Bonchev–Trinajstić information content (AvgIpc) is 2.23. The molecule has 0 radical (unpaired) electrons. The van der Waals surface area contributed by atoms with Crippen molar-refractivity contribution in [2.24, 2.45) is 0 Å². The number of hydrogen-bond acceptors (Lipinski definition) is 3. The predicted octanol–water partition coefficient (Wildman–Crippen LogP) is 3.73. The molecule has 15 heavy (non-hydrogen) atoms. The van der Waals surface area contributed by atoms with E-state index in [1.54, 1.807) is 19.2 Å². The van der Waals surface area contributed by atoms with Crippen LogP contribution >= 0.6 is 35.8 Å². The molecule has 1 aromatic rings. The molecule has 0 spiro atoms. The first-order valence-corrected chi connectivity index (χ1v) is 5.95. The fourth-order valence-electron chi connectivity index (χ4n) is 1.12. The van der Waals surface area contributed by atoms with Gasteiger partial charge in [-0.2, -0.15) is 12.6 Å². The highest BCUT2D eigenvalue weighted by Gasteiger charge is 2.06. The summed E-state index contributed by atoms with van der Waals surface area (Å²) in [5, 5.41) is 4.34. The van der Waals surface area contributed by atoms with E-state index in [0.717, 1.165) is 24.4 Å². The second-order valence-electron chi connectivity index (χ2n) is 2.97. The van der Waals surface area contributed by atoms with E-state index in [1.165, 1.54) is 0 Å². The Balaban J connectivity index is 2.76. The third-order valence-electron chi connectivity index (χ3n) is 1.89. The molecule has 0 unspecified atom stereocenters. The lowest BCUT2D eigenvalue weighted by Crippen LogP contribution is -2.02. The zero-order chi connectivity index (χ0) is 11.3. The van der Waals surface area contributed by atoms with Crippen LogP contribution in [-0.4, -0.2) is 19.4 Å². The topological polar surface area (TPSA) is 21.3 Å². The summed E-state index contributed by atoms with van der Waals surface area (Å²) >= 11 is 16.1. The zero-order valence-corrected chi connectivity index (χ0v) is 10.8. The number of halogens is 2. The second-order valence-corrected chi connectivity index (χ2v) is 4.23. The second kappa shape index (κ2) is 6.36. The van der Waals surface area contributed by atoms with Gasteiger partial charge >= 0.3 is 0 Å². The van der Waals surface area contributed by atoms with Crippen LogP contribution in [0.3, 0.4) is 0 Å². The highest BCUT2D eigenvalue weighted by atomic mass is 35.5. The highest BCUT2D eigenvalue weighted by Crippen LogP contribution is 2.33. The molecule has 0 saturated carbocycles. The largest absolute Gasteiger partial charge is 0.495 e. The number of hydrogen-bond donors (Lipinski definition) is 2. The number of methoxy groups -OCH3 is 1. The van der Waals surface area contributed by atoms with Crippen molar-refractivity contribution in [3.63, 3.8) is 0 Å². The zero-order valence-electron chi connectivity index (χ0n) is 8.39. The molecule has 1 N–H and O–H groups in total. The van der Waals surface area contributed by atoms with Gasteiger partial charge < -0.3 is 10.1 Å². The van der Waals surface area contributed by atoms with Crippen LogP contribution in [0.25, 0.3) is 0 Å². The van der Waals surface area contributed by atoms with Gasteiger partial charge in [0.25, 0.3) is 0 Å². The van der Waals surface area contributed by atoms with Crippen molar-refractivity contribution in [3.8, 4) is 5.75 Å². The van der Waals surface area contributed by atoms with E-state index >= 15 is 0 Å². The summed E-state index contributed by atoms with van der Waals surface area (Å²) < 4.78 is 5.05. The first kappa shape index (κ1) is 12.8. The van der Waals surface area contributed by atoms with Crippen LogP contribution in [-0.2, 0) is 0 Å². The SMILES string of the molecule is COc1cc(Cl)c(NCCCS)cc1Cl. The molecular weight excluding hydrogens is 253 g/mol. The van der Waals surface area contributed by atoms with E-state index in [-0.39, 0.29) is 0 Å². The van der Waals surface area contributed by atoms with Crippen molar-refractivity contribution in [2.75, 3.05) is 24.7 Å². The van der Waals surface area contributed by atoms with Gasteiger partial charge in [-0.05, 0) is 18.2 Å². The minimum atomic E-state index is 0.551. The van der Waals surface area contributed by atoms with Gasteiger partial charge in [-0.3, -0.25) is 0 Å². The molecule has 5 heteroatoms. The summed E-state index contributed by atoms with van der Waals surface area (Å²) in [4.78, 5) is 0. The smallest absolute Gasteiger partial charge is 0.139 e. The maximum atomic E-state index is 6.04. The molecule has 2 nitrogen and oxygen atoms in total. The van der Waals surface area contributed by atoms with E-state index < -0.39 is 0 Å². The minimum Gasteiger partial charge on any atom is -0.495 e. The maximum Gasteiger partial charge on any atom is 0.139 e. The normalized spacial score (nSPS) is 10.1. The minimum absolute atomic E-state index is 0.551. The Hall–Kier alpha value is -0.250. The monoisotopic (exact) mass is 265 g/mol. The molecule has 0 aliphatic heterocycles. The highest BCUT2D eigenvalue weighted by molar-refractivity contribution is 7.80. The fraction of sp³-hybridized carbons (Fsp3) is 0.400. The van der Waals surface area contributed by atoms with Crippen LogP contribution in [0.5, 0.6) is 5.75 Å². The van der Waals surface area contributed by atoms with Crippen molar-refractivity contribution in [2.45, 2.75) is 6.42 Å². The number of thiol groups is 1. The average molecular weight is 266 g/mol. The summed E-state index contributed by atoms with van der Waals surface area (Å²) in [7, 11) is 1.56. The van der Waals surface area contributed by atoms with Gasteiger partial charge in [-0.15, -0.1) is 0 Å². The molecule has 0 aliphatic carbocycles. The summed E-state index contributed by atoms with van der Waals surface area (Å²) in [5.74, 6) is 1.43. The maximum absolute atomic E-state index is 6.04. The van der Waals surface area contributed by atoms with Crippen LogP contribution in [0.2, 0.25) is 10.0 Å². The molecule has 0 aromatic heterocycles. The first-order valence-electron chi connectivity index (χ1n) is 4.56. The molecule has 1 aromatic carbocycles. The van der Waals surface area contributed by atoms with Crippen molar-refractivity contribution in [1.29, 1.82) is 0 Å². The molecule has 0 bridgehead atoms. The molecule has 0 fully saturated rings. The van der Waals surface area contributed by atoms with Gasteiger partial charge in [0.15, 0.2) is 0 Å². The predicted molar refractivity (Wildman–Crippen MR) is 70.0 cm³/mol. The molecule has 0 heterocycles. The fourth-order valence-corrected chi connectivity index (χ4v) is 1.74. The molecule has 84 valence electrons. The summed E-state index contributed by atoms with van der Waals surface area (Å²) in [6.07, 6.45) is 0.975. The molecular formula is C10H13Cl2NOS. The van der Waals surface area contributed by atoms with Gasteiger partial charge in [0.1, 0.15) is 5.75 Å². The number of nitrogens with one attached hydrogen (secondary N) is 1. The lowest BCUT2D eigenvalue weighted by atomic mass is 10.3. The van der Waals surface area contributed by atoms with Gasteiger partial charge in [0.05, 0.1) is 22.8 Å². The van der Waals surface area contributed by atoms with Crippen LogP contribution in [0.1, 0.15) is 6.42 Å². The van der Waals surface area contributed by atoms with E-state index in [0.29, 0.717) is 15.8 Å². The Morgan fingerprint density at radius 1 is 1.33 bits per heavy atom. The molecule has 1 rings (SSSR count). The van der Waals surface area contributed by atoms with Crippen LogP contribution < -0.4 is 10.1 Å². The number of anilines is 1. The van der Waals surface area contributed by atoms with Gasteiger partial charge in [0, 0.05) is 12.6 Å². The Morgan fingerprint density at radius 3 is 2.67 bits per heavy atom. The van der Waals surface area contributed by atoms with Crippen LogP contribution in [0.15, 0.2) is 12.1 Å². The van der Waals surface area contributed by atoms with Crippen molar-refractivity contribution >= 4 is 41.5 Å².